The summed E-state index contributed by atoms with van der Waals surface area (Å²) in [5.41, 5.74) is 0.470. The fourth-order valence-electron chi connectivity index (χ4n) is 1.23. The third-order valence-electron chi connectivity index (χ3n) is 2.28. The van der Waals surface area contributed by atoms with Gasteiger partial charge in [-0.25, -0.2) is 0 Å². The summed E-state index contributed by atoms with van der Waals surface area (Å²) in [5, 5.41) is 4.16. The Hall–Kier alpha value is 0.310. The van der Waals surface area contributed by atoms with Crippen LogP contribution in [0, 0.1) is 5.41 Å². The highest BCUT2D eigenvalue weighted by Gasteiger charge is 2.14. The molecule has 1 nitrogen and oxygen atoms in total. The van der Waals surface area contributed by atoms with Gasteiger partial charge in [0.2, 0.25) is 0 Å². The molecule has 86 valence electrons. The maximum Gasteiger partial charge on any atom is 0.0155 e. The molecule has 1 N–H and O–H groups in total. The van der Waals surface area contributed by atoms with E-state index in [9.17, 15) is 0 Å². The van der Waals surface area contributed by atoms with E-state index in [1.807, 2.05) is 0 Å². The second-order valence-electron chi connectivity index (χ2n) is 5.47. The van der Waals surface area contributed by atoms with Gasteiger partial charge in [0.15, 0.2) is 0 Å². The predicted molar refractivity (Wildman–Crippen MR) is 69.1 cm³/mol. The highest BCUT2D eigenvalue weighted by atomic mass is 32.2. The first-order valence-corrected chi connectivity index (χ1v) is 6.69. The molecule has 0 bridgehead atoms. The van der Waals surface area contributed by atoms with Gasteiger partial charge in [0, 0.05) is 11.8 Å². The zero-order valence-electron chi connectivity index (χ0n) is 10.7. The molecule has 0 aliphatic rings. The van der Waals surface area contributed by atoms with Crippen LogP contribution in [0.2, 0.25) is 0 Å². The third-order valence-corrected chi connectivity index (χ3v) is 3.54. The van der Waals surface area contributed by atoms with E-state index in [1.165, 1.54) is 18.6 Å². The van der Waals surface area contributed by atoms with E-state index in [0.29, 0.717) is 11.5 Å². The van der Waals surface area contributed by atoms with Crippen molar-refractivity contribution in [2.24, 2.45) is 5.41 Å². The van der Waals surface area contributed by atoms with Crippen LogP contribution in [0.3, 0.4) is 0 Å². The standard InChI is InChI=1S/C12H27NS/c1-10(2)14-9-11(13-6)7-8-12(3,4)5/h10-11,13H,7-9H2,1-6H3. The minimum Gasteiger partial charge on any atom is -0.316 e. The maximum absolute atomic E-state index is 3.41. The molecule has 1 atom stereocenters. The highest BCUT2D eigenvalue weighted by molar-refractivity contribution is 7.99. The molecule has 14 heavy (non-hydrogen) atoms. The summed E-state index contributed by atoms with van der Waals surface area (Å²) in [6, 6.07) is 0.682. The van der Waals surface area contributed by atoms with Crippen molar-refractivity contribution in [3.8, 4) is 0 Å². The molecular formula is C12H27NS. The zero-order valence-corrected chi connectivity index (χ0v) is 11.5. The van der Waals surface area contributed by atoms with Crippen LogP contribution in [-0.2, 0) is 0 Å². The van der Waals surface area contributed by atoms with Crippen LogP contribution in [0.4, 0.5) is 0 Å². The van der Waals surface area contributed by atoms with Crippen LogP contribution < -0.4 is 5.32 Å². The van der Waals surface area contributed by atoms with Crippen molar-refractivity contribution in [3.05, 3.63) is 0 Å². The predicted octanol–water partition coefficient (Wildman–Crippen LogP) is 3.54. The minimum atomic E-state index is 0.470. The number of hydrogen-bond donors (Lipinski definition) is 1. The molecule has 0 fully saturated rings. The lowest BCUT2D eigenvalue weighted by Crippen LogP contribution is -2.29. The zero-order chi connectivity index (χ0) is 11.2. The third kappa shape index (κ3) is 8.89. The summed E-state index contributed by atoms with van der Waals surface area (Å²) >= 11 is 2.05. The molecule has 1 unspecified atom stereocenters. The van der Waals surface area contributed by atoms with Crippen molar-refractivity contribution in [3.63, 3.8) is 0 Å². The molecule has 0 aromatic carbocycles. The number of nitrogens with one attached hydrogen (secondary N) is 1. The molecule has 0 aromatic heterocycles. The SMILES string of the molecule is CNC(CCC(C)(C)C)CSC(C)C. The Bertz CT molecular complexity index is 138. The topological polar surface area (TPSA) is 12.0 Å². The Kier molecular flexibility index (Phi) is 6.88. The van der Waals surface area contributed by atoms with Gasteiger partial charge in [-0.1, -0.05) is 34.6 Å². The van der Waals surface area contributed by atoms with Crippen molar-refractivity contribution in [1.29, 1.82) is 0 Å². The van der Waals surface area contributed by atoms with Gasteiger partial charge in [0.25, 0.3) is 0 Å². The lowest BCUT2D eigenvalue weighted by atomic mass is 9.89. The van der Waals surface area contributed by atoms with Gasteiger partial charge in [-0.15, -0.1) is 0 Å². The van der Waals surface area contributed by atoms with Gasteiger partial charge >= 0.3 is 0 Å². The van der Waals surface area contributed by atoms with Crippen LogP contribution in [0.1, 0.15) is 47.5 Å². The molecule has 0 rings (SSSR count). The van der Waals surface area contributed by atoms with E-state index in [-0.39, 0.29) is 0 Å². The molecule has 2 heteroatoms. The molecular weight excluding hydrogens is 190 g/mol. The van der Waals surface area contributed by atoms with Crippen LogP contribution in [0.25, 0.3) is 0 Å². The van der Waals surface area contributed by atoms with E-state index >= 15 is 0 Å². The van der Waals surface area contributed by atoms with Gasteiger partial charge in [-0.2, -0.15) is 11.8 Å². The van der Waals surface area contributed by atoms with E-state index in [2.05, 4.69) is 58.7 Å². The molecule has 0 saturated carbocycles. The summed E-state index contributed by atoms with van der Waals surface area (Å²) in [6.07, 6.45) is 2.59. The lowest BCUT2D eigenvalue weighted by molar-refractivity contribution is 0.343. The molecule has 0 aromatic rings. The Labute approximate surface area is 94.4 Å². The van der Waals surface area contributed by atoms with Gasteiger partial charge in [-0.05, 0) is 30.6 Å². The Balaban J connectivity index is 3.69. The van der Waals surface area contributed by atoms with E-state index in [4.69, 9.17) is 0 Å². The van der Waals surface area contributed by atoms with Crippen molar-refractivity contribution in [1.82, 2.24) is 5.32 Å². The average Bonchev–Trinajstić information content (AvgIpc) is 2.02. The lowest BCUT2D eigenvalue weighted by Gasteiger charge is -2.23. The number of thioether (sulfide) groups is 1. The van der Waals surface area contributed by atoms with Crippen LogP contribution >= 0.6 is 11.8 Å². The molecule has 0 radical (unpaired) electrons. The molecule has 0 spiro atoms. The van der Waals surface area contributed by atoms with Gasteiger partial charge in [0.05, 0.1) is 0 Å². The first kappa shape index (κ1) is 14.3. The van der Waals surface area contributed by atoms with Crippen molar-refractivity contribution >= 4 is 11.8 Å². The van der Waals surface area contributed by atoms with E-state index < -0.39 is 0 Å². The van der Waals surface area contributed by atoms with Gasteiger partial charge in [-0.3, -0.25) is 0 Å². The Morgan fingerprint density at radius 2 is 1.79 bits per heavy atom. The molecule has 0 amide bonds. The van der Waals surface area contributed by atoms with E-state index in [1.54, 1.807) is 0 Å². The second kappa shape index (κ2) is 6.73. The summed E-state index contributed by atoms with van der Waals surface area (Å²) in [6.45, 7) is 11.5. The van der Waals surface area contributed by atoms with Crippen LogP contribution in [-0.4, -0.2) is 24.1 Å². The van der Waals surface area contributed by atoms with E-state index in [0.717, 1.165) is 5.25 Å². The Morgan fingerprint density at radius 3 is 2.14 bits per heavy atom. The molecule has 0 heterocycles. The fourth-order valence-corrected chi connectivity index (χ4v) is 2.18. The summed E-state index contributed by atoms with van der Waals surface area (Å²) in [4.78, 5) is 0. The summed E-state index contributed by atoms with van der Waals surface area (Å²) < 4.78 is 0. The maximum atomic E-state index is 3.41. The normalized spacial score (nSPS) is 14.8. The molecule has 0 aliphatic heterocycles. The van der Waals surface area contributed by atoms with Crippen LogP contribution in [0.5, 0.6) is 0 Å². The van der Waals surface area contributed by atoms with Crippen molar-refractivity contribution in [2.45, 2.75) is 58.8 Å². The monoisotopic (exact) mass is 217 g/mol. The highest BCUT2D eigenvalue weighted by Crippen LogP contribution is 2.23. The smallest absolute Gasteiger partial charge is 0.0155 e. The summed E-state index contributed by atoms with van der Waals surface area (Å²) in [5.74, 6) is 1.24. The second-order valence-corrected chi connectivity index (χ2v) is 7.08. The molecule has 0 aliphatic carbocycles. The van der Waals surface area contributed by atoms with Crippen LogP contribution in [0.15, 0.2) is 0 Å². The number of hydrogen-bond acceptors (Lipinski definition) is 2. The average molecular weight is 217 g/mol. The van der Waals surface area contributed by atoms with Crippen molar-refractivity contribution in [2.75, 3.05) is 12.8 Å². The first-order chi connectivity index (χ1) is 6.35. The first-order valence-electron chi connectivity index (χ1n) is 5.64. The molecule has 0 saturated heterocycles. The largest absolute Gasteiger partial charge is 0.316 e. The number of rotatable bonds is 6. The Morgan fingerprint density at radius 1 is 1.21 bits per heavy atom. The minimum absolute atomic E-state index is 0.470. The summed E-state index contributed by atoms with van der Waals surface area (Å²) in [7, 11) is 2.08. The fraction of sp³-hybridized carbons (Fsp3) is 1.00. The van der Waals surface area contributed by atoms with Crippen molar-refractivity contribution < 1.29 is 0 Å². The van der Waals surface area contributed by atoms with Gasteiger partial charge < -0.3 is 5.32 Å². The quantitative estimate of drug-likeness (QED) is 0.730. The van der Waals surface area contributed by atoms with Gasteiger partial charge in [0.1, 0.15) is 0 Å².